The van der Waals surface area contributed by atoms with Gasteiger partial charge in [0, 0.05) is 11.5 Å². The summed E-state index contributed by atoms with van der Waals surface area (Å²) in [5.74, 6) is 0.751. The second-order valence-corrected chi connectivity index (χ2v) is 5.10. The number of likely N-dealkylation sites (N-methyl/N-ethyl adjacent to an activating group) is 1. The molecule has 5 nitrogen and oxygen atoms in total. The van der Waals surface area contributed by atoms with E-state index in [4.69, 9.17) is 9.84 Å². The van der Waals surface area contributed by atoms with E-state index in [-0.39, 0.29) is 18.7 Å². The molecule has 0 spiro atoms. The molecule has 0 saturated carbocycles. The minimum atomic E-state index is -0.223. The number of benzene rings is 1. The van der Waals surface area contributed by atoms with Crippen LogP contribution in [-0.2, 0) is 0 Å². The number of carbonyl (C=O) groups is 1. The monoisotopic (exact) mass is 330 g/mol. The lowest BCUT2D eigenvalue weighted by atomic mass is 10.3. The van der Waals surface area contributed by atoms with E-state index in [1.165, 1.54) is 4.90 Å². The van der Waals surface area contributed by atoms with Crippen LogP contribution >= 0.6 is 15.9 Å². The van der Waals surface area contributed by atoms with Crippen LogP contribution in [-0.4, -0.2) is 48.9 Å². The van der Waals surface area contributed by atoms with Crippen molar-refractivity contribution in [3.05, 3.63) is 28.7 Å². The van der Waals surface area contributed by atoms with E-state index in [9.17, 15) is 4.79 Å². The first kappa shape index (κ1) is 15.8. The summed E-state index contributed by atoms with van der Waals surface area (Å²) in [6.45, 7) is 2.52. The molecule has 0 aromatic heterocycles. The Bertz CT molecular complexity index is 415. The maximum absolute atomic E-state index is 11.6. The molecule has 0 radical (unpaired) electrons. The number of amides is 2. The second-order valence-electron chi connectivity index (χ2n) is 4.18. The Morgan fingerprint density at radius 2 is 2.32 bits per heavy atom. The highest BCUT2D eigenvalue weighted by Crippen LogP contribution is 2.17. The lowest BCUT2D eigenvalue weighted by Crippen LogP contribution is -2.44. The molecular formula is C13H19BrN2O3. The molecule has 0 aliphatic rings. The highest BCUT2D eigenvalue weighted by atomic mass is 79.9. The molecule has 2 N–H and O–H groups in total. The molecule has 0 bridgehead atoms. The molecular weight excluding hydrogens is 312 g/mol. The Kier molecular flexibility index (Phi) is 6.66. The standard InChI is InChI=1S/C13H19BrN2O3/c1-10(9-17)16(2)13(18)15-6-7-19-12-5-3-4-11(14)8-12/h3-5,8,10,17H,6-7,9H2,1-2H3,(H,15,18). The van der Waals surface area contributed by atoms with Gasteiger partial charge in [-0.25, -0.2) is 4.79 Å². The largest absolute Gasteiger partial charge is 0.492 e. The summed E-state index contributed by atoms with van der Waals surface area (Å²) in [5.41, 5.74) is 0. The van der Waals surface area contributed by atoms with Crippen LogP contribution in [0.2, 0.25) is 0 Å². The summed E-state index contributed by atoms with van der Waals surface area (Å²) >= 11 is 3.36. The highest BCUT2D eigenvalue weighted by Gasteiger charge is 2.13. The van der Waals surface area contributed by atoms with Crippen molar-refractivity contribution in [2.75, 3.05) is 26.8 Å². The van der Waals surface area contributed by atoms with Crippen molar-refractivity contribution in [2.45, 2.75) is 13.0 Å². The molecule has 6 heteroatoms. The first-order valence-electron chi connectivity index (χ1n) is 6.04. The highest BCUT2D eigenvalue weighted by molar-refractivity contribution is 9.10. The Morgan fingerprint density at radius 3 is 2.95 bits per heavy atom. The van der Waals surface area contributed by atoms with Crippen LogP contribution in [0.5, 0.6) is 5.75 Å². The van der Waals surface area contributed by atoms with E-state index < -0.39 is 0 Å². The molecule has 1 unspecified atom stereocenters. The predicted octanol–water partition coefficient (Wildman–Crippen LogP) is 1.85. The smallest absolute Gasteiger partial charge is 0.317 e. The van der Waals surface area contributed by atoms with Crippen LogP contribution in [0.4, 0.5) is 4.79 Å². The maximum Gasteiger partial charge on any atom is 0.317 e. The van der Waals surface area contributed by atoms with Crippen LogP contribution in [0.15, 0.2) is 28.7 Å². The Hall–Kier alpha value is -1.27. The summed E-state index contributed by atoms with van der Waals surface area (Å²) in [6.07, 6.45) is 0. The molecule has 1 atom stereocenters. The van der Waals surface area contributed by atoms with Gasteiger partial charge < -0.3 is 20.1 Å². The van der Waals surface area contributed by atoms with Gasteiger partial charge in [-0.3, -0.25) is 0 Å². The summed E-state index contributed by atoms with van der Waals surface area (Å²) in [6, 6.07) is 7.09. The van der Waals surface area contributed by atoms with Crippen LogP contribution < -0.4 is 10.1 Å². The third kappa shape index (κ3) is 5.48. The van der Waals surface area contributed by atoms with Crippen molar-refractivity contribution in [2.24, 2.45) is 0 Å². The Labute approximate surface area is 121 Å². The average Bonchev–Trinajstić information content (AvgIpc) is 2.41. The fraction of sp³-hybridized carbons (Fsp3) is 0.462. The van der Waals surface area contributed by atoms with Crippen LogP contribution in [0.1, 0.15) is 6.92 Å². The van der Waals surface area contributed by atoms with E-state index in [1.807, 2.05) is 24.3 Å². The van der Waals surface area contributed by atoms with Crippen LogP contribution in [0, 0.1) is 0 Å². The quantitative estimate of drug-likeness (QED) is 0.782. The first-order valence-corrected chi connectivity index (χ1v) is 6.83. The normalized spacial score (nSPS) is 11.8. The van der Waals surface area contributed by atoms with Gasteiger partial charge in [-0.1, -0.05) is 22.0 Å². The van der Waals surface area contributed by atoms with E-state index >= 15 is 0 Å². The number of urea groups is 1. The SMILES string of the molecule is CC(CO)N(C)C(=O)NCCOc1cccc(Br)c1. The summed E-state index contributed by atoms with van der Waals surface area (Å²) in [4.78, 5) is 13.1. The van der Waals surface area contributed by atoms with Crippen molar-refractivity contribution in [1.29, 1.82) is 0 Å². The summed E-state index contributed by atoms with van der Waals surface area (Å²) in [5, 5.41) is 11.7. The molecule has 2 amide bonds. The molecule has 19 heavy (non-hydrogen) atoms. The lowest BCUT2D eigenvalue weighted by Gasteiger charge is -2.23. The molecule has 0 aliphatic heterocycles. The van der Waals surface area contributed by atoms with Gasteiger partial charge in [0.05, 0.1) is 19.2 Å². The number of nitrogens with one attached hydrogen (secondary N) is 1. The summed E-state index contributed by atoms with van der Waals surface area (Å²) in [7, 11) is 1.64. The summed E-state index contributed by atoms with van der Waals surface area (Å²) < 4.78 is 6.44. The number of hydrogen-bond donors (Lipinski definition) is 2. The van der Waals surface area contributed by atoms with Gasteiger partial charge >= 0.3 is 6.03 Å². The molecule has 1 rings (SSSR count). The van der Waals surface area contributed by atoms with E-state index in [0.29, 0.717) is 13.2 Å². The van der Waals surface area contributed by atoms with Crippen molar-refractivity contribution < 1.29 is 14.6 Å². The zero-order valence-corrected chi connectivity index (χ0v) is 12.7. The molecule has 1 aromatic rings. The van der Waals surface area contributed by atoms with Gasteiger partial charge in [-0.05, 0) is 25.1 Å². The molecule has 0 fully saturated rings. The number of nitrogens with zero attached hydrogens (tertiary/aromatic N) is 1. The number of rotatable bonds is 6. The second kappa shape index (κ2) is 8.01. The van der Waals surface area contributed by atoms with Gasteiger partial charge in [0.2, 0.25) is 0 Å². The van der Waals surface area contributed by atoms with Crippen molar-refractivity contribution >= 4 is 22.0 Å². The number of carbonyl (C=O) groups excluding carboxylic acids is 1. The third-order valence-electron chi connectivity index (χ3n) is 2.69. The number of hydrogen-bond acceptors (Lipinski definition) is 3. The Morgan fingerprint density at radius 1 is 1.58 bits per heavy atom. The molecule has 0 saturated heterocycles. The zero-order chi connectivity index (χ0) is 14.3. The fourth-order valence-electron chi connectivity index (χ4n) is 1.33. The minimum absolute atomic E-state index is 0.0571. The number of aliphatic hydroxyl groups is 1. The zero-order valence-electron chi connectivity index (χ0n) is 11.1. The Balaban J connectivity index is 2.26. The molecule has 1 aromatic carbocycles. The number of ether oxygens (including phenoxy) is 1. The molecule has 106 valence electrons. The molecule has 0 aliphatic carbocycles. The maximum atomic E-state index is 11.6. The van der Waals surface area contributed by atoms with E-state index in [2.05, 4.69) is 21.2 Å². The number of halogens is 1. The van der Waals surface area contributed by atoms with Gasteiger partial charge in [0.25, 0.3) is 0 Å². The first-order chi connectivity index (χ1) is 9.04. The van der Waals surface area contributed by atoms with Crippen LogP contribution in [0.3, 0.4) is 0 Å². The lowest BCUT2D eigenvalue weighted by molar-refractivity contribution is 0.156. The van der Waals surface area contributed by atoms with Gasteiger partial charge in [0.15, 0.2) is 0 Å². The average molecular weight is 331 g/mol. The topological polar surface area (TPSA) is 61.8 Å². The fourth-order valence-corrected chi connectivity index (χ4v) is 1.71. The molecule has 0 heterocycles. The third-order valence-corrected chi connectivity index (χ3v) is 3.18. The van der Waals surface area contributed by atoms with E-state index in [1.54, 1.807) is 14.0 Å². The van der Waals surface area contributed by atoms with Crippen molar-refractivity contribution in [3.8, 4) is 5.75 Å². The van der Waals surface area contributed by atoms with Gasteiger partial charge in [-0.2, -0.15) is 0 Å². The van der Waals surface area contributed by atoms with Crippen molar-refractivity contribution in [1.82, 2.24) is 10.2 Å². The van der Waals surface area contributed by atoms with Gasteiger partial charge in [0.1, 0.15) is 12.4 Å². The predicted molar refractivity (Wildman–Crippen MR) is 77.3 cm³/mol. The number of aliphatic hydroxyl groups excluding tert-OH is 1. The van der Waals surface area contributed by atoms with E-state index in [0.717, 1.165) is 10.2 Å². The van der Waals surface area contributed by atoms with Crippen molar-refractivity contribution in [3.63, 3.8) is 0 Å². The minimum Gasteiger partial charge on any atom is -0.492 e. The van der Waals surface area contributed by atoms with Gasteiger partial charge in [-0.15, -0.1) is 0 Å². The van der Waals surface area contributed by atoms with Crippen LogP contribution in [0.25, 0.3) is 0 Å².